The van der Waals surface area contributed by atoms with Crippen molar-refractivity contribution in [1.82, 2.24) is 0 Å². The Labute approximate surface area is 88.9 Å². The van der Waals surface area contributed by atoms with Gasteiger partial charge in [-0.1, -0.05) is 27.7 Å². The molecule has 0 aliphatic heterocycles. The van der Waals surface area contributed by atoms with E-state index < -0.39 is 5.60 Å². The van der Waals surface area contributed by atoms with Crippen LogP contribution in [0.25, 0.3) is 0 Å². The zero-order valence-electron chi connectivity index (χ0n) is 10.4. The maximum atomic E-state index is 10.4. The Hall–Kier alpha value is -0.0400. The van der Waals surface area contributed by atoms with Crippen molar-refractivity contribution in [2.45, 2.75) is 65.9 Å². The molecule has 0 heterocycles. The first-order chi connectivity index (χ1) is 6.32. The van der Waals surface area contributed by atoms with Gasteiger partial charge in [-0.25, -0.2) is 0 Å². The molecule has 1 rings (SSSR count). The van der Waals surface area contributed by atoms with Crippen LogP contribution in [-0.2, 0) is 0 Å². The van der Waals surface area contributed by atoms with Crippen LogP contribution in [0.5, 0.6) is 0 Å². The van der Waals surface area contributed by atoms with E-state index >= 15 is 0 Å². The normalized spacial score (nSPS) is 37.5. The van der Waals surface area contributed by atoms with Crippen molar-refractivity contribution < 1.29 is 5.11 Å². The second-order valence-corrected chi connectivity index (χ2v) is 5.93. The van der Waals surface area contributed by atoms with E-state index in [1.54, 1.807) is 0 Å². The summed E-state index contributed by atoms with van der Waals surface area (Å²) >= 11 is 0. The van der Waals surface area contributed by atoms with Crippen molar-refractivity contribution >= 4 is 0 Å². The molecule has 1 nitrogen and oxygen atoms in total. The Morgan fingerprint density at radius 2 is 2.07 bits per heavy atom. The molecular weight excluding hydrogens is 172 g/mol. The number of rotatable bonds is 3. The van der Waals surface area contributed by atoms with Gasteiger partial charge in [0.1, 0.15) is 0 Å². The molecule has 1 fully saturated rings. The third-order valence-electron chi connectivity index (χ3n) is 4.71. The summed E-state index contributed by atoms with van der Waals surface area (Å²) in [5.41, 5.74) is -0.326. The summed E-state index contributed by atoms with van der Waals surface area (Å²) in [7, 11) is 0. The molecule has 0 aromatic carbocycles. The predicted octanol–water partition coefficient (Wildman–Crippen LogP) is 3.61. The van der Waals surface area contributed by atoms with Gasteiger partial charge in [-0.2, -0.15) is 0 Å². The summed E-state index contributed by atoms with van der Waals surface area (Å²) in [5.74, 6) is 1.59. The third kappa shape index (κ3) is 1.98. The fourth-order valence-corrected chi connectivity index (χ4v) is 2.77. The highest BCUT2D eigenvalue weighted by molar-refractivity contribution is 4.98. The minimum Gasteiger partial charge on any atom is -0.390 e. The first-order valence-corrected chi connectivity index (χ1v) is 6.05. The van der Waals surface area contributed by atoms with Crippen LogP contribution in [0, 0.1) is 17.3 Å². The molecule has 1 heteroatoms. The Kier molecular flexibility index (Phi) is 3.30. The van der Waals surface area contributed by atoms with Gasteiger partial charge < -0.3 is 5.11 Å². The molecule has 1 N–H and O–H groups in total. The van der Waals surface area contributed by atoms with Crippen LogP contribution in [0.4, 0.5) is 0 Å². The van der Waals surface area contributed by atoms with Crippen LogP contribution in [-0.4, -0.2) is 10.7 Å². The Morgan fingerprint density at radius 3 is 2.43 bits per heavy atom. The molecule has 14 heavy (non-hydrogen) atoms. The fourth-order valence-electron chi connectivity index (χ4n) is 2.77. The SMILES string of the molecule is CCC(C)(O)[C@]1(C)CCC(C(C)C)C1. The smallest absolute Gasteiger partial charge is 0.0670 e. The third-order valence-corrected chi connectivity index (χ3v) is 4.71. The molecule has 1 aliphatic carbocycles. The molecular formula is C13H26O. The summed E-state index contributed by atoms with van der Waals surface area (Å²) in [5, 5.41) is 10.4. The molecule has 0 bridgehead atoms. The van der Waals surface area contributed by atoms with Crippen LogP contribution in [0.2, 0.25) is 0 Å². The standard InChI is InChI=1S/C13H26O/c1-6-13(5,14)12(4)8-7-11(9-12)10(2)3/h10-11,14H,6-9H2,1-5H3/t11?,12-,13?/m1/s1. The molecule has 1 saturated carbocycles. The molecule has 0 aromatic heterocycles. The zero-order chi connectivity index (χ0) is 11.0. The average molecular weight is 198 g/mol. The van der Waals surface area contributed by atoms with E-state index in [0.29, 0.717) is 0 Å². The maximum absolute atomic E-state index is 10.4. The minimum absolute atomic E-state index is 0.149. The van der Waals surface area contributed by atoms with E-state index in [1.807, 2.05) is 6.92 Å². The lowest BCUT2D eigenvalue weighted by molar-refractivity contribution is -0.0633. The van der Waals surface area contributed by atoms with Gasteiger partial charge in [-0.15, -0.1) is 0 Å². The second-order valence-electron chi connectivity index (χ2n) is 5.93. The topological polar surface area (TPSA) is 20.2 Å². The summed E-state index contributed by atoms with van der Waals surface area (Å²) in [6.45, 7) is 11.0. The fraction of sp³-hybridized carbons (Fsp3) is 1.00. The number of hydrogen-bond acceptors (Lipinski definition) is 1. The monoisotopic (exact) mass is 198 g/mol. The quantitative estimate of drug-likeness (QED) is 0.734. The first kappa shape index (κ1) is 12.0. The van der Waals surface area contributed by atoms with Gasteiger partial charge in [0, 0.05) is 0 Å². The van der Waals surface area contributed by atoms with E-state index in [1.165, 1.54) is 19.3 Å². The molecule has 2 unspecified atom stereocenters. The zero-order valence-corrected chi connectivity index (χ0v) is 10.4. The van der Waals surface area contributed by atoms with Crippen molar-refractivity contribution in [3.63, 3.8) is 0 Å². The molecule has 84 valence electrons. The lowest BCUT2D eigenvalue weighted by Crippen LogP contribution is -2.41. The lowest BCUT2D eigenvalue weighted by Gasteiger charge is -2.40. The Bertz CT molecular complexity index is 195. The van der Waals surface area contributed by atoms with Crippen LogP contribution < -0.4 is 0 Å². The lowest BCUT2D eigenvalue weighted by atomic mass is 9.70. The minimum atomic E-state index is -0.476. The van der Waals surface area contributed by atoms with Crippen molar-refractivity contribution in [1.29, 1.82) is 0 Å². The largest absolute Gasteiger partial charge is 0.390 e. The number of hydrogen-bond donors (Lipinski definition) is 1. The highest BCUT2D eigenvalue weighted by Gasteiger charge is 2.47. The van der Waals surface area contributed by atoms with Crippen LogP contribution in [0.15, 0.2) is 0 Å². The van der Waals surface area contributed by atoms with E-state index in [2.05, 4.69) is 27.7 Å². The molecule has 0 spiro atoms. The van der Waals surface area contributed by atoms with Gasteiger partial charge in [0.2, 0.25) is 0 Å². The molecule has 0 aromatic rings. The molecule has 0 radical (unpaired) electrons. The van der Waals surface area contributed by atoms with Crippen molar-refractivity contribution in [3.8, 4) is 0 Å². The summed E-state index contributed by atoms with van der Waals surface area (Å²) in [4.78, 5) is 0. The molecule has 1 aliphatic rings. The summed E-state index contributed by atoms with van der Waals surface area (Å²) in [6, 6.07) is 0. The van der Waals surface area contributed by atoms with Crippen molar-refractivity contribution in [3.05, 3.63) is 0 Å². The highest BCUT2D eigenvalue weighted by Crippen LogP contribution is 2.51. The van der Waals surface area contributed by atoms with Crippen LogP contribution in [0.3, 0.4) is 0 Å². The highest BCUT2D eigenvalue weighted by atomic mass is 16.3. The summed E-state index contributed by atoms with van der Waals surface area (Å²) < 4.78 is 0. The molecule has 3 atom stereocenters. The van der Waals surface area contributed by atoms with Gasteiger partial charge in [0.25, 0.3) is 0 Å². The summed E-state index contributed by atoms with van der Waals surface area (Å²) in [6.07, 6.45) is 4.56. The van der Waals surface area contributed by atoms with Gasteiger partial charge in [0.15, 0.2) is 0 Å². The van der Waals surface area contributed by atoms with E-state index in [0.717, 1.165) is 18.3 Å². The average Bonchev–Trinajstić information content (AvgIpc) is 2.50. The van der Waals surface area contributed by atoms with Crippen molar-refractivity contribution in [2.75, 3.05) is 0 Å². The van der Waals surface area contributed by atoms with E-state index in [4.69, 9.17) is 0 Å². The Balaban J connectivity index is 2.71. The molecule has 0 amide bonds. The first-order valence-electron chi connectivity index (χ1n) is 6.05. The number of aliphatic hydroxyl groups is 1. The van der Waals surface area contributed by atoms with Gasteiger partial charge in [-0.3, -0.25) is 0 Å². The van der Waals surface area contributed by atoms with E-state index in [-0.39, 0.29) is 5.41 Å². The van der Waals surface area contributed by atoms with Crippen LogP contribution in [0.1, 0.15) is 60.3 Å². The van der Waals surface area contributed by atoms with E-state index in [9.17, 15) is 5.11 Å². The Morgan fingerprint density at radius 1 is 1.50 bits per heavy atom. The van der Waals surface area contributed by atoms with Crippen molar-refractivity contribution in [2.24, 2.45) is 17.3 Å². The molecule has 0 saturated heterocycles. The van der Waals surface area contributed by atoms with Gasteiger partial charge in [-0.05, 0) is 49.9 Å². The second kappa shape index (κ2) is 3.84. The maximum Gasteiger partial charge on any atom is 0.0670 e. The van der Waals surface area contributed by atoms with Gasteiger partial charge in [0.05, 0.1) is 5.60 Å². The van der Waals surface area contributed by atoms with Crippen LogP contribution >= 0.6 is 0 Å². The predicted molar refractivity (Wildman–Crippen MR) is 61.2 cm³/mol. The van der Waals surface area contributed by atoms with Gasteiger partial charge >= 0.3 is 0 Å².